The molecule has 1 rings (SSSR count). The van der Waals surface area contributed by atoms with Gasteiger partial charge in [-0.25, -0.2) is 0 Å². The molecule has 0 saturated carbocycles. The summed E-state index contributed by atoms with van der Waals surface area (Å²) in [6.45, 7) is 5.12. The van der Waals surface area contributed by atoms with Crippen LogP contribution in [0.15, 0.2) is 27.8 Å². The Hall–Kier alpha value is -1.58. The van der Waals surface area contributed by atoms with Gasteiger partial charge >= 0.3 is 5.97 Å². The normalized spacial score (nSPS) is 11.1. The zero-order chi connectivity index (χ0) is 10.8. The van der Waals surface area contributed by atoms with Crippen molar-refractivity contribution in [3.63, 3.8) is 0 Å². The second-order valence-corrected chi connectivity index (χ2v) is 3.92. The van der Waals surface area contributed by atoms with Crippen LogP contribution in [0.2, 0.25) is 0 Å². The molecule has 0 N–H and O–H groups in total. The molecule has 1 heterocycles. The van der Waals surface area contributed by atoms with E-state index in [1.807, 2.05) is 0 Å². The second-order valence-electron chi connectivity index (χ2n) is 3.92. The lowest BCUT2D eigenvalue weighted by molar-refractivity contribution is -0.143. The van der Waals surface area contributed by atoms with Gasteiger partial charge in [-0.05, 0) is 20.8 Å². The fraction of sp³-hybridized carbons (Fsp3) is 0.400. The monoisotopic (exact) mass is 196 g/mol. The molecule has 0 amide bonds. The second kappa shape index (κ2) is 3.65. The maximum Gasteiger partial charge on any atom is 0.316 e. The van der Waals surface area contributed by atoms with Gasteiger partial charge in [0, 0.05) is 6.07 Å². The van der Waals surface area contributed by atoms with Crippen LogP contribution in [0.4, 0.5) is 0 Å². The van der Waals surface area contributed by atoms with Crippen molar-refractivity contribution in [3.05, 3.63) is 28.8 Å². The van der Waals surface area contributed by atoms with E-state index >= 15 is 0 Å². The van der Waals surface area contributed by atoms with Crippen molar-refractivity contribution in [2.24, 2.45) is 5.41 Å². The maximum absolute atomic E-state index is 11.4. The molecule has 4 nitrogen and oxygen atoms in total. The average molecular weight is 196 g/mol. The van der Waals surface area contributed by atoms with Crippen molar-refractivity contribution in [2.45, 2.75) is 20.8 Å². The van der Waals surface area contributed by atoms with E-state index in [0.29, 0.717) is 0 Å². The third-order valence-electron chi connectivity index (χ3n) is 1.53. The molecule has 0 radical (unpaired) electrons. The fourth-order valence-corrected chi connectivity index (χ4v) is 0.670. The van der Waals surface area contributed by atoms with E-state index in [1.54, 1.807) is 20.8 Å². The van der Waals surface area contributed by atoms with Gasteiger partial charge in [0.15, 0.2) is 0 Å². The minimum atomic E-state index is -0.637. The first kappa shape index (κ1) is 10.5. The molecule has 0 aromatic carbocycles. The molecule has 1 aromatic heterocycles. The molecule has 0 atom stereocenters. The number of rotatable bonds is 1. The standard InChI is InChI=1S/C10H12O4/c1-10(2,3)9(12)14-8-6-13-5-4-7(8)11/h4-6H,1-3H3. The third kappa shape index (κ3) is 2.45. The minimum Gasteiger partial charge on any atom is -0.468 e. The molecular formula is C10H12O4. The van der Waals surface area contributed by atoms with Crippen molar-refractivity contribution < 1.29 is 13.9 Å². The van der Waals surface area contributed by atoms with Crippen molar-refractivity contribution in [3.8, 4) is 5.75 Å². The van der Waals surface area contributed by atoms with E-state index in [4.69, 9.17) is 9.15 Å². The van der Waals surface area contributed by atoms with Crippen LogP contribution in [0, 0.1) is 5.41 Å². The Kier molecular flexibility index (Phi) is 2.74. The fourth-order valence-electron chi connectivity index (χ4n) is 0.670. The van der Waals surface area contributed by atoms with Crippen molar-refractivity contribution in [2.75, 3.05) is 0 Å². The van der Waals surface area contributed by atoms with Gasteiger partial charge in [-0.1, -0.05) is 0 Å². The highest BCUT2D eigenvalue weighted by Crippen LogP contribution is 2.16. The summed E-state index contributed by atoms with van der Waals surface area (Å²) in [6.07, 6.45) is 2.35. The van der Waals surface area contributed by atoms with Crippen LogP contribution >= 0.6 is 0 Å². The van der Waals surface area contributed by atoms with E-state index in [9.17, 15) is 9.59 Å². The van der Waals surface area contributed by atoms with Crippen molar-refractivity contribution >= 4 is 5.97 Å². The van der Waals surface area contributed by atoms with E-state index in [1.165, 1.54) is 12.3 Å². The molecule has 0 aliphatic heterocycles. The molecule has 0 bridgehead atoms. The van der Waals surface area contributed by atoms with E-state index < -0.39 is 11.4 Å². The summed E-state index contributed by atoms with van der Waals surface area (Å²) in [4.78, 5) is 22.5. The lowest BCUT2D eigenvalue weighted by Crippen LogP contribution is -2.27. The molecule has 0 aliphatic rings. The van der Waals surface area contributed by atoms with Crippen molar-refractivity contribution in [1.82, 2.24) is 0 Å². The Balaban J connectivity index is 2.86. The maximum atomic E-state index is 11.4. The van der Waals surface area contributed by atoms with Crippen LogP contribution in [-0.4, -0.2) is 5.97 Å². The Morgan fingerprint density at radius 2 is 2.07 bits per heavy atom. The molecule has 0 unspecified atom stereocenters. The molecule has 0 spiro atoms. The van der Waals surface area contributed by atoms with Crippen molar-refractivity contribution in [1.29, 1.82) is 0 Å². The van der Waals surface area contributed by atoms with E-state index in [-0.39, 0.29) is 11.2 Å². The number of esters is 1. The zero-order valence-corrected chi connectivity index (χ0v) is 8.37. The minimum absolute atomic E-state index is 0.0765. The third-order valence-corrected chi connectivity index (χ3v) is 1.53. The van der Waals surface area contributed by atoms with Gasteiger partial charge in [-0.2, -0.15) is 0 Å². The van der Waals surface area contributed by atoms with Crippen LogP contribution in [0.25, 0.3) is 0 Å². The summed E-state index contributed by atoms with van der Waals surface area (Å²) in [5.41, 5.74) is -1.00. The summed E-state index contributed by atoms with van der Waals surface area (Å²) in [7, 11) is 0. The molecule has 14 heavy (non-hydrogen) atoms. The highest BCUT2D eigenvalue weighted by molar-refractivity contribution is 5.77. The lowest BCUT2D eigenvalue weighted by Gasteiger charge is -2.15. The molecule has 1 aromatic rings. The number of carbonyl (C=O) groups is 1. The largest absolute Gasteiger partial charge is 0.468 e. The predicted molar refractivity (Wildman–Crippen MR) is 50.1 cm³/mol. The van der Waals surface area contributed by atoms with E-state index in [2.05, 4.69) is 0 Å². The molecule has 0 aliphatic carbocycles. The van der Waals surface area contributed by atoms with Gasteiger partial charge in [0.2, 0.25) is 11.2 Å². The van der Waals surface area contributed by atoms with Crippen LogP contribution in [-0.2, 0) is 4.79 Å². The first-order chi connectivity index (χ1) is 6.41. The number of carbonyl (C=O) groups excluding carboxylic acids is 1. The topological polar surface area (TPSA) is 56.5 Å². The van der Waals surface area contributed by atoms with Gasteiger partial charge in [0.25, 0.3) is 0 Å². The number of hydrogen-bond acceptors (Lipinski definition) is 4. The first-order valence-electron chi connectivity index (χ1n) is 4.20. The number of ether oxygens (including phenoxy) is 1. The first-order valence-corrected chi connectivity index (χ1v) is 4.20. The molecule has 4 heteroatoms. The van der Waals surface area contributed by atoms with Gasteiger partial charge in [0.05, 0.1) is 11.7 Å². The summed E-state index contributed by atoms with van der Waals surface area (Å²) in [6, 6.07) is 1.20. The molecular weight excluding hydrogens is 184 g/mol. The SMILES string of the molecule is CC(C)(C)C(=O)Oc1coccc1=O. The summed E-state index contributed by atoms with van der Waals surface area (Å²) in [5.74, 6) is -0.538. The Morgan fingerprint density at radius 3 is 2.57 bits per heavy atom. The Labute approximate surface area is 81.5 Å². The highest BCUT2D eigenvalue weighted by atomic mass is 16.5. The smallest absolute Gasteiger partial charge is 0.316 e. The summed E-state index contributed by atoms with van der Waals surface area (Å²) < 4.78 is 9.59. The summed E-state index contributed by atoms with van der Waals surface area (Å²) in [5, 5.41) is 0. The zero-order valence-electron chi connectivity index (χ0n) is 8.37. The lowest BCUT2D eigenvalue weighted by atomic mass is 9.97. The van der Waals surface area contributed by atoms with Crippen LogP contribution in [0.1, 0.15) is 20.8 Å². The van der Waals surface area contributed by atoms with Gasteiger partial charge in [-0.3, -0.25) is 9.59 Å². The van der Waals surface area contributed by atoms with Gasteiger partial charge < -0.3 is 9.15 Å². The predicted octanol–water partition coefficient (Wildman–Crippen LogP) is 1.59. The highest BCUT2D eigenvalue weighted by Gasteiger charge is 2.24. The van der Waals surface area contributed by atoms with Crippen LogP contribution in [0.3, 0.4) is 0 Å². The molecule has 0 fully saturated rings. The molecule has 0 saturated heterocycles. The number of hydrogen-bond donors (Lipinski definition) is 0. The van der Waals surface area contributed by atoms with E-state index in [0.717, 1.165) is 6.26 Å². The Bertz CT molecular complexity index is 384. The average Bonchev–Trinajstić information content (AvgIpc) is 2.07. The van der Waals surface area contributed by atoms with Gasteiger partial charge in [-0.15, -0.1) is 0 Å². The quantitative estimate of drug-likeness (QED) is 0.640. The van der Waals surface area contributed by atoms with Gasteiger partial charge in [0.1, 0.15) is 6.26 Å². The summed E-state index contributed by atoms with van der Waals surface area (Å²) >= 11 is 0. The van der Waals surface area contributed by atoms with Crippen LogP contribution in [0.5, 0.6) is 5.75 Å². The van der Waals surface area contributed by atoms with Crippen LogP contribution < -0.4 is 10.2 Å². The molecule has 76 valence electrons. The Morgan fingerprint density at radius 1 is 1.43 bits per heavy atom.